The van der Waals surface area contributed by atoms with Gasteiger partial charge in [0.25, 0.3) is 0 Å². The quantitative estimate of drug-likeness (QED) is 0.834. The highest BCUT2D eigenvalue weighted by atomic mass is 79.9. The second-order valence-electron chi connectivity index (χ2n) is 4.83. The van der Waals surface area contributed by atoms with Crippen LogP contribution in [0.5, 0.6) is 0 Å². The van der Waals surface area contributed by atoms with Crippen molar-refractivity contribution in [1.82, 2.24) is 0 Å². The Kier molecular flexibility index (Phi) is 5.19. The number of nitriles is 2. The maximum atomic E-state index is 8.90. The molecule has 0 amide bonds. The highest BCUT2D eigenvalue weighted by molar-refractivity contribution is 9.10. The van der Waals surface area contributed by atoms with Gasteiger partial charge in [0.2, 0.25) is 0 Å². The summed E-state index contributed by atoms with van der Waals surface area (Å²) in [7, 11) is 0. The second kappa shape index (κ2) is 6.42. The van der Waals surface area contributed by atoms with E-state index in [9.17, 15) is 0 Å². The number of rotatable bonds is 5. The zero-order valence-corrected chi connectivity index (χ0v) is 12.2. The monoisotopic (exact) mass is 305 g/mol. The van der Waals surface area contributed by atoms with Gasteiger partial charge in [-0.2, -0.15) is 10.5 Å². The Labute approximate surface area is 117 Å². The number of hydrogen-bond acceptors (Lipinski definition) is 3. The van der Waals surface area contributed by atoms with Crippen molar-refractivity contribution in [1.29, 1.82) is 10.5 Å². The smallest absolute Gasteiger partial charge is 0.0992 e. The third-order valence-corrected chi connectivity index (χ3v) is 3.35. The molecule has 0 unspecified atom stereocenters. The number of hydrogen-bond donors (Lipinski definition) is 1. The van der Waals surface area contributed by atoms with Gasteiger partial charge in [-0.05, 0) is 60.8 Å². The van der Waals surface area contributed by atoms with Crippen LogP contribution in [-0.2, 0) is 0 Å². The molecule has 1 aromatic rings. The Balaban J connectivity index is 2.46. The van der Waals surface area contributed by atoms with Crippen molar-refractivity contribution in [3.05, 3.63) is 28.2 Å². The van der Waals surface area contributed by atoms with Crippen molar-refractivity contribution in [2.75, 3.05) is 11.9 Å². The van der Waals surface area contributed by atoms with Crippen LogP contribution in [0.4, 0.5) is 5.69 Å². The van der Waals surface area contributed by atoms with Crippen LogP contribution in [0, 0.1) is 28.1 Å². The summed E-state index contributed by atoms with van der Waals surface area (Å²) in [6.07, 6.45) is 1.80. The van der Waals surface area contributed by atoms with Crippen molar-refractivity contribution in [2.24, 2.45) is 5.41 Å². The minimum absolute atomic E-state index is 0.260. The highest BCUT2D eigenvalue weighted by Gasteiger charge is 2.15. The van der Waals surface area contributed by atoms with Gasteiger partial charge < -0.3 is 5.32 Å². The normalized spacial score (nSPS) is 10.5. The molecule has 0 saturated carbocycles. The van der Waals surface area contributed by atoms with Crippen LogP contribution in [0.2, 0.25) is 0 Å². The van der Waals surface area contributed by atoms with E-state index in [1.807, 2.05) is 19.9 Å². The summed E-state index contributed by atoms with van der Waals surface area (Å²) in [6, 6.07) is 9.85. The number of benzene rings is 1. The molecule has 1 rings (SSSR count). The van der Waals surface area contributed by atoms with Crippen molar-refractivity contribution in [3.8, 4) is 12.1 Å². The zero-order valence-electron chi connectivity index (χ0n) is 10.6. The molecule has 0 aliphatic carbocycles. The molecule has 0 radical (unpaired) electrons. The lowest BCUT2D eigenvalue weighted by atomic mass is 9.90. The molecule has 4 heteroatoms. The van der Waals surface area contributed by atoms with Crippen LogP contribution in [0.3, 0.4) is 0 Å². The van der Waals surface area contributed by atoms with E-state index in [4.69, 9.17) is 10.5 Å². The van der Waals surface area contributed by atoms with Gasteiger partial charge in [0, 0.05) is 16.7 Å². The fourth-order valence-corrected chi connectivity index (χ4v) is 2.06. The van der Waals surface area contributed by atoms with E-state index in [0.29, 0.717) is 5.56 Å². The third kappa shape index (κ3) is 4.39. The standard InChI is InChI=1S/C14H16BrN3/c1-14(2,10-17)6-3-7-18-13-5-4-11(9-16)8-12(13)15/h4-5,8,18H,3,6-7H2,1-2H3. The number of halogens is 1. The van der Waals surface area contributed by atoms with Crippen molar-refractivity contribution < 1.29 is 0 Å². The summed E-state index contributed by atoms with van der Waals surface area (Å²) in [6.45, 7) is 4.71. The zero-order chi connectivity index (χ0) is 13.6. The van der Waals surface area contributed by atoms with E-state index in [1.165, 1.54) is 0 Å². The Bertz CT molecular complexity index is 495. The van der Waals surface area contributed by atoms with Crippen molar-refractivity contribution in [2.45, 2.75) is 26.7 Å². The van der Waals surface area contributed by atoms with Crippen molar-refractivity contribution >= 4 is 21.6 Å². The first-order valence-corrected chi connectivity index (χ1v) is 6.62. The molecule has 0 spiro atoms. The average molecular weight is 306 g/mol. The molecule has 18 heavy (non-hydrogen) atoms. The highest BCUT2D eigenvalue weighted by Crippen LogP contribution is 2.24. The lowest BCUT2D eigenvalue weighted by Crippen LogP contribution is -2.11. The van der Waals surface area contributed by atoms with Gasteiger partial charge >= 0.3 is 0 Å². The minimum Gasteiger partial charge on any atom is -0.384 e. The molecule has 1 N–H and O–H groups in total. The molecule has 0 aliphatic rings. The Morgan fingerprint density at radius 1 is 1.33 bits per heavy atom. The van der Waals surface area contributed by atoms with Crippen LogP contribution in [0.25, 0.3) is 0 Å². The van der Waals surface area contributed by atoms with Gasteiger partial charge in [-0.25, -0.2) is 0 Å². The maximum Gasteiger partial charge on any atom is 0.0992 e. The molecular formula is C14H16BrN3. The predicted octanol–water partition coefficient (Wildman–Crippen LogP) is 4.06. The Hall–Kier alpha value is -1.52. The van der Waals surface area contributed by atoms with E-state index in [1.54, 1.807) is 12.1 Å². The fraction of sp³-hybridized carbons (Fsp3) is 0.429. The number of nitrogens with zero attached hydrogens (tertiary/aromatic N) is 2. The third-order valence-electron chi connectivity index (χ3n) is 2.69. The molecular weight excluding hydrogens is 290 g/mol. The summed E-state index contributed by atoms with van der Waals surface area (Å²) in [5, 5.41) is 21.0. The molecule has 0 aromatic heterocycles. The van der Waals surface area contributed by atoms with E-state index < -0.39 is 0 Å². The first-order chi connectivity index (χ1) is 8.48. The molecule has 0 saturated heterocycles. The van der Waals surface area contributed by atoms with Crippen LogP contribution >= 0.6 is 15.9 Å². The molecule has 0 bridgehead atoms. The topological polar surface area (TPSA) is 59.6 Å². The summed E-state index contributed by atoms with van der Waals surface area (Å²) < 4.78 is 0.890. The lowest BCUT2D eigenvalue weighted by Gasteiger charge is -2.15. The molecule has 94 valence electrons. The van der Waals surface area contributed by atoms with Gasteiger partial charge in [-0.1, -0.05) is 0 Å². The van der Waals surface area contributed by atoms with Gasteiger partial charge in [0.1, 0.15) is 0 Å². The summed E-state index contributed by atoms with van der Waals surface area (Å²) in [4.78, 5) is 0. The van der Waals surface area contributed by atoms with E-state index in [2.05, 4.69) is 33.4 Å². The van der Waals surface area contributed by atoms with E-state index >= 15 is 0 Å². The summed E-state index contributed by atoms with van der Waals surface area (Å²) >= 11 is 3.43. The second-order valence-corrected chi connectivity index (χ2v) is 5.69. The summed E-state index contributed by atoms with van der Waals surface area (Å²) in [5.74, 6) is 0. The van der Waals surface area contributed by atoms with E-state index in [-0.39, 0.29) is 5.41 Å². The van der Waals surface area contributed by atoms with Crippen LogP contribution < -0.4 is 5.32 Å². The molecule has 3 nitrogen and oxygen atoms in total. The number of anilines is 1. The Morgan fingerprint density at radius 2 is 2.06 bits per heavy atom. The van der Waals surface area contributed by atoms with Crippen molar-refractivity contribution in [3.63, 3.8) is 0 Å². The number of nitrogens with one attached hydrogen (secondary N) is 1. The average Bonchev–Trinajstić information content (AvgIpc) is 2.36. The fourth-order valence-electron chi connectivity index (χ4n) is 1.54. The lowest BCUT2D eigenvalue weighted by molar-refractivity contribution is 0.441. The minimum atomic E-state index is -0.260. The largest absolute Gasteiger partial charge is 0.384 e. The first kappa shape index (κ1) is 14.5. The molecule has 1 aromatic carbocycles. The van der Waals surface area contributed by atoms with Crippen LogP contribution in [-0.4, -0.2) is 6.54 Å². The van der Waals surface area contributed by atoms with E-state index in [0.717, 1.165) is 29.5 Å². The van der Waals surface area contributed by atoms with Gasteiger partial charge in [-0.3, -0.25) is 0 Å². The maximum absolute atomic E-state index is 8.90. The predicted molar refractivity (Wildman–Crippen MR) is 76.0 cm³/mol. The molecule has 0 heterocycles. The molecule has 0 atom stereocenters. The molecule has 0 fully saturated rings. The van der Waals surface area contributed by atoms with Crippen LogP contribution in [0.1, 0.15) is 32.3 Å². The first-order valence-electron chi connectivity index (χ1n) is 5.83. The SMILES string of the molecule is CC(C)(C#N)CCCNc1ccc(C#N)cc1Br. The Morgan fingerprint density at radius 3 is 2.61 bits per heavy atom. The summed E-state index contributed by atoms with van der Waals surface area (Å²) in [5.41, 5.74) is 1.35. The van der Waals surface area contributed by atoms with Crippen LogP contribution in [0.15, 0.2) is 22.7 Å². The molecule has 0 aliphatic heterocycles. The van der Waals surface area contributed by atoms with Gasteiger partial charge in [0.05, 0.1) is 23.1 Å². The van der Waals surface area contributed by atoms with Gasteiger partial charge in [0.15, 0.2) is 0 Å². The van der Waals surface area contributed by atoms with Gasteiger partial charge in [-0.15, -0.1) is 0 Å².